The first-order valence-electron chi connectivity index (χ1n) is 6.08. The molecule has 0 aliphatic carbocycles. The summed E-state index contributed by atoms with van der Waals surface area (Å²) in [4.78, 5) is 12.0. The van der Waals surface area contributed by atoms with Crippen molar-refractivity contribution in [1.82, 2.24) is 5.32 Å². The highest BCUT2D eigenvalue weighted by Crippen LogP contribution is 2.23. The summed E-state index contributed by atoms with van der Waals surface area (Å²) >= 11 is 6.00. The van der Waals surface area contributed by atoms with E-state index in [2.05, 4.69) is 5.32 Å². The number of hydrogen-bond acceptors (Lipinski definition) is 3. The number of carbonyl (C=O) groups is 1. The van der Waals surface area contributed by atoms with Crippen molar-refractivity contribution >= 4 is 23.2 Å². The van der Waals surface area contributed by atoms with E-state index in [1.165, 1.54) is 0 Å². The third-order valence-corrected chi connectivity index (χ3v) is 3.59. The molecule has 5 heteroatoms. The molecule has 98 valence electrons. The summed E-state index contributed by atoms with van der Waals surface area (Å²) in [5.41, 5.74) is 6.53. The van der Waals surface area contributed by atoms with Crippen molar-refractivity contribution in [3.8, 4) is 0 Å². The molecule has 1 fully saturated rings. The molecule has 1 saturated heterocycles. The van der Waals surface area contributed by atoms with Crippen molar-refractivity contribution < 1.29 is 9.53 Å². The molecule has 0 saturated carbocycles. The second-order valence-corrected chi connectivity index (χ2v) is 4.85. The maximum Gasteiger partial charge on any atom is 0.252 e. The maximum atomic E-state index is 12.0. The number of rotatable bonds is 3. The lowest BCUT2D eigenvalue weighted by Gasteiger charge is -2.22. The monoisotopic (exact) mass is 268 g/mol. The molecule has 0 spiro atoms. The summed E-state index contributed by atoms with van der Waals surface area (Å²) in [6, 6.07) is 5.08. The quantitative estimate of drug-likeness (QED) is 0.825. The highest BCUT2D eigenvalue weighted by molar-refractivity contribution is 6.36. The Kier molecular flexibility index (Phi) is 4.44. The van der Waals surface area contributed by atoms with E-state index < -0.39 is 0 Å². The molecule has 1 aliphatic rings. The van der Waals surface area contributed by atoms with Crippen LogP contribution < -0.4 is 11.1 Å². The van der Waals surface area contributed by atoms with Crippen LogP contribution in [0.4, 0.5) is 5.69 Å². The van der Waals surface area contributed by atoms with E-state index in [1.807, 2.05) is 0 Å². The summed E-state index contributed by atoms with van der Waals surface area (Å²) in [5, 5.41) is 3.22. The Morgan fingerprint density at radius 2 is 2.17 bits per heavy atom. The van der Waals surface area contributed by atoms with Crippen molar-refractivity contribution in [2.24, 2.45) is 5.92 Å². The number of ether oxygens (including phenoxy) is 1. The van der Waals surface area contributed by atoms with Crippen molar-refractivity contribution in [1.29, 1.82) is 0 Å². The second kappa shape index (κ2) is 6.07. The lowest BCUT2D eigenvalue weighted by atomic mass is 10.0. The fraction of sp³-hybridized carbons (Fsp3) is 0.462. The third kappa shape index (κ3) is 3.15. The van der Waals surface area contributed by atoms with E-state index in [0.29, 0.717) is 28.7 Å². The Balaban J connectivity index is 1.93. The van der Waals surface area contributed by atoms with Gasteiger partial charge in [0.05, 0.1) is 16.3 Å². The Morgan fingerprint density at radius 1 is 1.44 bits per heavy atom. The number of anilines is 1. The van der Waals surface area contributed by atoms with E-state index in [0.717, 1.165) is 26.1 Å². The first-order valence-corrected chi connectivity index (χ1v) is 6.46. The first-order chi connectivity index (χ1) is 8.68. The van der Waals surface area contributed by atoms with E-state index in [1.54, 1.807) is 18.2 Å². The molecule has 3 N–H and O–H groups in total. The summed E-state index contributed by atoms with van der Waals surface area (Å²) in [5.74, 6) is 0.321. The third-order valence-electron chi connectivity index (χ3n) is 3.17. The van der Waals surface area contributed by atoms with Crippen molar-refractivity contribution in [3.63, 3.8) is 0 Å². The smallest absolute Gasteiger partial charge is 0.252 e. The number of nitrogens with one attached hydrogen (secondary N) is 1. The standard InChI is InChI=1S/C13H17ClN2O2/c14-12-10(2-1-3-11(12)15)13(17)16-8-9-4-6-18-7-5-9/h1-3,9H,4-8,15H2,(H,16,17). The second-order valence-electron chi connectivity index (χ2n) is 4.47. The molecular formula is C13H17ClN2O2. The predicted octanol–water partition coefficient (Wildman–Crippen LogP) is 2.08. The molecule has 2 rings (SSSR count). The zero-order valence-corrected chi connectivity index (χ0v) is 10.9. The van der Waals surface area contributed by atoms with E-state index in [-0.39, 0.29) is 5.91 Å². The minimum Gasteiger partial charge on any atom is -0.398 e. The lowest BCUT2D eigenvalue weighted by Crippen LogP contribution is -2.32. The molecule has 18 heavy (non-hydrogen) atoms. The zero-order chi connectivity index (χ0) is 13.0. The number of halogens is 1. The van der Waals surface area contributed by atoms with Crippen LogP contribution in [0.25, 0.3) is 0 Å². The van der Waals surface area contributed by atoms with Crippen molar-refractivity contribution in [2.45, 2.75) is 12.8 Å². The van der Waals surface area contributed by atoms with Crippen LogP contribution in [0.1, 0.15) is 23.2 Å². The molecule has 1 amide bonds. The molecule has 0 aromatic heterocycles. The average molecular weight is 269 g/mol. The fourth-order valence-corrected chi connectivity index (χ4v) is 2.22. The fourth-order valence-electron chi connectivity index (χ4n) is 2.01. The normalized spacial score (nSPS) is 16.5. The molecule has 4 nitrogen and oxygen atoms in total. The van der Waals surface area contributed by atoms with Crippen LogP contribution in [0.15, 0.2) is 18.2 Å². The molecular weight excluding hydrogens is 252 g/mol. The largest absolute Gasteiger partial charge is 0.398 e. The van der Waals surface area contributed by atoms with Gasteiger partial charge in [-0.3, -0.25) is 4.79 Å². The SMILES string of the molecule is Nc1cccc(C(=O)NCC2CCOCC2)c1Cl. The zero-order valence-electron chi connectivity index (χ0n) is 10.1. The van der Waals surface area contributed by atoms with Gasteiger partial charge in [0.1, 0.15) is 0 Å². The van der Waals surface area contributed by atoms with Gasteiger partial charge in [-0.05, 0) is 30.9 Å². The predicted molar refractivity (Wildman–Crippen MR) is 71.7 cm³/mol. The number of carbonyl (C=O) groups excluding carboxylic acids is 1. The summed E-state index contributed by atoms with van der Waals surface area (Å²) < 4.78 is 5.28. The lowest BCUT2D eigenvalue weighted by molar-refractivity contribution is 0.0643. The van der Waals surface area contributed by atoms with Gasteiger partial charge in [-0.25, -0.2) is 0 Å². The highest BCUT2D eigenvalue weighted by Gasteiger charge is 2.16. The van der Waals surface area contributed by atoms with Crippen LogP contribution in [0, 0.1) is 5.92 Å². The van der Waals surface area contributed by atoms with Crippen LogP contribution in [-0.2, 0) is 4.74 Å². The van der Waals surface area contributed by atoms with Gasteiger partial charge < -0.3 is 15.8 Å². The van der Waals surface area contributed by atoms with Crippen LogP contribution in [0.5, 0.6) is 0 Å². The summed E-state index contributed by atoms with van der Waals surface area (Å²) in [6.45, 7) is 2.21. The van der Waals surface area contributed by atoms with Gasteiger partial charge in [-0.15, -0.1) is 0 Å². The Bertz CT molecular complexity index is 431. The summed E-state index contributed by atoms with van der Waals surface area (Å²) in [7, 11) is 0. The van der Waals surface area contributed by atoms with Gasteiger partial charge in [0, 0.05) is 19.8 Å². The first kappa shape index (κ1) is 13.2. The molecule has 0 unspecified atom stereocenters. The van der Waals surface area contributed by atoms with Crippen LogP contribution in [0.2, 0.25) is 5.02 Å². The Labute approximate surface area is 111 Å². The van der Waals surface area contributed by atoms with Gasteiger partial charge in [0.2, 0.25) is 0 Å². The Morgan fingerprint density at radius 3 is 2.89 bits per heavy atom. The van der Waals surface area contributed by atoms with Gasteiger partial charge >= 0.3 is 0 Å². The maximum absolute atomic E-state index is 12.0. The van der Waals surface area contributed by atoms with Crippen molar-refractivity contribution in [2.75, 3.05) is 25.5 Å². The van der Waals surface area contributed by atoms with Crippen LogP contribution in [0.3, 0.4) is 0 Å². The van der Waals surface area contributed by atoms with Gasteiger partial charge in [0.25, 0.3) is 5.91 Å². The molecule has 1 aromatic carbocycles. The minimum absolute atomic E-state index is 0.168. The Hall–Kier alpha value is -1.26. The molecule has 0 atom stereocenters. The van der Waals surface area contributed by atoms with Gasteiger partial charge in [-0.1, -0.05) is 17.7 Å². The van der Waals surface area contributed by atoms with E-state index >= 15 is 0 Å². The van der Waals surface area contributed by atoms with Crippen LogP contribution in [-0.4, -0.2) is 25.7 Å². The molecule has 0 radical (unpaired) electrons. The van der Waals surface area contributed by atoms with E-state index in [9.17, 15) is 4.79 Å². The minimum atomic E-state index is -0.168. The molecule has 1 heterocycles. The average Bonchev–Trinajstić information content (AvgIpc) is 2.40. The summed E-state index contributed by atoms with van der Waals surface area (Å²) in [6.07, 6.45) is 1.98. The number of benzene rings is 1. The van der Waals surface area contributed by atoms with Gasteiger partial charge in [0.15, 0.2) is 0 Å². The van der Waals surface area contributed by atoms with Gasteiger partial charge in [-0.2, -0.15) is 0 Å². The highest BCUT2D eigenvalue weighted by atomic mass is 35.5. The molecule has 0 bridgehead atoms. The molecule has 1 aromatic rings. The van der Waals surface area contributed by atoms with E-state index in [4.69, 9.17) is 22.1 Å². The number of nitrogens with two attached hydrogens (primary N) is 1. The topological polar surface area (TPSA) is 64.4 Å². The number of hydrogen-bond donors (Lipinski definition) is 2. The molecule has 1 aliphatic heterocycles. The number of nitrogen functional groups attached to an aromatic ring is 1. The number of amides is 1. The van der Waals surface area contributed by atoms with Crippen LogP contribution >= 0.6 is 11.6 Å². The van der Waals surface area contributed by atoms with Crippen molar-refractivity contribution in [3.05, 3.63) is 28.8 Å².